The highest BCUT2D eigenvalue weighted by atomic mass is 32.1. The van der Waals surface area contributed by atoms with Gasteiger partial charge in [-0.3, -0.25) is 0 Å². The van der Waals surface area contributed by atoms with Crippen molar-refractivity contribution in [3.63, 3.8) is 0 Å². The summed E-state index contributed by atoms with van der Waals surface area (Å²) >= 11 is 1.82. The fraction of sp³-hybridized carbons (Fsp3) is 0.138. The maximum atomic E-state index is 5.69. The molecule has 0 radical (unpaired) electrons. The second-order valence-corrected chi connectivity index (χ2v) is 19.1. The molecule has 4 nitrogen and oxygen atoms in total. The first-order valence-electron chi connectivity index (χ1n) is 22.1. The summed E-state index contributed by atoms with van der Waals surface area (Å²) in [4.78, 5) is 18.4. The van der Waals surface area contributed by atoms with Crippen molar-refractivity contribution in [1.29, 1.82) is 0 Å². The summed E-state index contributed by atoms with van der Waals surface area (Å²) in [5, 5.41) is 4.90. The molecule has 2 bridgehead atoms. The molecule has 5 heteroatoms. The van der Waals surface area contributed by atoms with E-state index < -0.39 is 0 Å². The molecule has 0 amide bonds. The van der Waals surface area contributed by atoms with Crippen LogP contribution in [0.3, 0.4) is 0 Å². The highest BCUT2D eigenvalue weighted by Gasteiger charge is 2.61. The highest BCUT2D eigenvalue weighted by molar-refractivity contribution is 7.20. The van der Waals surface area contributed by atoms with Gasteiger partial charge in [0.1, 0.15) is 11.0 Å². The Labute approximate surface area is 372 Å². The van der Waals surface area contributed by atoms with E-state index in [4.69, 9.17) is 9.97 Å². The molecule has 10 aromatic rings. The van der Waals surface area contributed by atoms with Gasteiger partial charge in [0.05, 0.1) is 21.1 Å². The lowest BCUT2D eigenvalue weighted by molar-refractivity contribution is 0.227. The number of para-hydroxylation sites is 2. The van der Waals surface area contributed by atoms with E-state index in [0.29, 0.717) is 5.92 Å². The number of benzene rings is 8. The van der Waals surface area contributed by atoms with Crippen molar-refractivity contribution >= 4 is 78.0 Å². The first-order valence-corrected chi connectivity index (χ1v) is 22.9. The molecule has 12 rings (SSSR count). The molecule has 8 aromatic carbocycles. The van der Waals surface area contributed by atoms with E-state index in [1.165, 1.54) is 39.4 Å². The third kappa shape index (κ3) is 6.01. The summed E-state index contributed by atoms with van der Waals surface area (Å²) in [6.07, 6.45) is 2.32. The zero-order valence-corrected chi connectivity index (χ0v) is 36.5. The third-order valence-corrected chi connectivity index (χ3v) is 15.7. The van der Waals surface area contributed by atoms with Gasteiger partial charge in [-0.25, -0.2) is 9.97 Å². The van der Waals surface area contributed by atoms with Crippen molar-refractivity contribution in [3.8, 4) is 20.9 Å². The molecule has 2 aliphatic carbocycles. The lowest BCUT2D eigenvalue weighted by Gasteiger charge is -2.34. The Morgan fingerprint density at radius 3 is 1.35 bits per heavy atom. The Balaban J connectivity index is 0.978. The van der Waals surface area contributed by atoms with E-state index >= 15 is 0 Å². The number of thiophene rings is 1. The summed E-state index contributed by atoms with van der Waals surface area (Å²) in [7, 11) is 0. The van der Waals surface area contributed by atoms with E-state index in [2.05, 4.69) is 225 Å². The van der Waals surface area contributed by atoms with E-state index in [1.54, 1.807) is 0 Å². The minimum atomic E-state index is -0.00122. The first kappa shape index (κ1) is 37.7. The number of hydrogen-bond acceptors (Lipinski definition) is 5. The van der Waals surface area contributed by atoms with Gasteiger partial charge in [0.2, 0.25) is 0 Å². The van der Waals surface area contributed by atoms with Crippen LogP contribution in [0.5, 0.6) is 0 Å². The van der Waals surface area contributed by atoms with Gasteiger partial charge in [-0.05, 0) is 124 Å². The molecule has 0 aliphatic heterocycles. The quantitative estimate of drug-likeness (QED) is 0.153. The van der Waals surface area contributed by atoms with E-state index in [9.17, 15) is 0 Å². The van der Waals surface area contributed by atoms with Crippen molar-refractivity contribution in [1.82, 2.24) is 9.97 Å². The van der Waals surface area contributed by atoms with Crippen molar-refractivity contribution in [2.24, 2.45) is 5.41 Å². The average molecular weight is 831 g/mol. The Bertz CT molecular complexity index is 3340. The lowest BCUT2D eigenvalue weighted by atomic mass is 9.70. The second-order valence-electron chi connectivity index (χ2n) is 18.1. The predicted octanol–water partition coefficient (Wildman–Crippen LogP) is 16.4. The SMILES string of the molecule is CC12CCC(c3nc4c(-c5ccc(N(c6ccccc6)c6ccc7ccccc7c6)cc5)sc(-c5ccc(N(c6ccccc6)c6ccc7ccccc7c6)cc5)c4nc31)C2(C)C. The van der Waals surface area contributed by atoms with Gasteiger partial charge < -0.3 is 9.80 Å². The molecule has 1 fully saturated rings. The van der Waals surface area contributed by atoms with E-state index in [1.807, 2.05) is 11.3 Å². The number of nitrogens with zero attached hydrogens (tertiary/aromatic N) is 4. The molecule has 0 saturated heterocycles. The van der Waals surface area contributed by atoms with Crippen LogP contribution in [0.25, 0.3) is 53.5 Å². The monoisotopic (exact) mass is 830 g/mol. The summed E-state index contributed by atoms with van der Waals surface area (Å²) in [6, 6.07) is 70.0. The lowest BCUT2D eigenvalue weighted by Crippen LogP contribution is -2.31. The topological polar surface area (TPSA) is 32.3 Å². The highest BCUT2D eigenvalue weighted by Crippen LogP contribution is 2.67. The molecule has 63 heavy (non-hydrogen) atoms. The fourth-order valence-corrected chi connectivity index (χ4v) is 11.8. The first-order chi connectivity index (χ1) is 30.8. The van der Waals surface area contributed by atoms with Crippen LogP contribution in [-0.4, -0.2) is 9.97 Å². The van der Waals surface area contributed by atoms with Gasteiger partial charge in [0, 0.05) is 45.5 Å². The van der Waals surface area contributed by atoms with Gasteiger partial charge >= 0.3 is 0 Å². The molecule has 2 unspecified atom stereocenters. The molecule has 2 aromatic heterocycles. The minimum absolute atomic E-state index is 0.00122. The molecule has 2 heterocycles. The van der Waals surface area contributed by atoms with Crippen LogP contribution in [-0.2, 0) is 5.41 Å². The summed E-state index contributed by atoms with van der Waals surface area (Å²) in [5.41, 5.74) is 13.5. The van der Waals surface area contributed by atoms with Gasteiger partial charge in [0.15, 0.2) is 0 Å². The third-order valence-electron chi connectivity index (χ3n) is 14.4. The Hall–Kier alpha value is -7.08. The zero-order valence-electron chi connectivity index (χ0n) is 35.7. The number of hydrogen-bond donors (Lipinski definition) is 0. The van der Waals surface area contributed by atoms with Crippen molar-refractivity contribution in [2.45, 2.75) is 44.9 Å². The average Bonchev–Trinajstić information content (AvgIpc) is 3.87. The Morgan fingerprint density at radius 2 is 0.857 bits per heavy atom. The number of fused-ring (bicyclic) bond motifs is 8. The Kier molecular flexibility index (Phi) is 8.67. The van der Waals surface area contributed by atoms with Gasteiger partial charge in [-0.2, -0.15) is 0 Å². The van der Waals surface area contributed by atoms with Crippen LogP contribution in [0, 0.1) is 5.41 Å². The van der Waals surface area contributed by atoms with E-state index in [0.717, 1.165) is 72.5 Å². The largest absolute Gasteiger partial charge is 0.310 e. The van der Waals surface area contributed by atoms with Gasteiger partial charge in [-0.1, -0.05) is 142 Å². The minimum Gasteiger partial charge on any atom is -0.310 e. The normalized spacial score (nSPS) is 17.3. The maximum absolute atomic E-state index is 5.69. The summed E-state index contributed by atoms with van der Waals surface area (Å²) in [5.74, 6) is 0.410. The van der Waals surface area contributed by atoms with Gasteiger partial charge in [-0.15, -0.1) is 11.3 Å². The number of aromatic nitrogens is 2. The second kappa shape index (κ2) is 14.5. The van der Waals surface area contributed by atoms with Crippen LogP contribution in [0.15, 0.2) is 194 Å². The molecular weight excluding hydrogens is 785 g/mol. The summed E-state index contributed by atoms with van der Waals surface area (Å²) < 4.78 is 0. The smallest absolute Gasteiger partial charge is 0.108 e. The standard InChI is InChI=1S/C58H46N4S/c1-57(2)50-34-35-58(57,3)56-51(50)59-52-53(60-56)55(41-26-30-47(31-27-41)62(45-20-8-5-9-21-45)49-33-23-39-15-11-13-17-43(39)37-49)63-54(52)40-24-28-46(29-25-40)61(44-18-6-4-7-19-44)48-32-22-38-14-10-12-16-42(38)36-48/h4-33,36-37,50H,34-35H2,1-3H3. The maximum Gasteiger partial charge on any atom is 0.108 e. The van der Waals surface area contributed by atoms with Gasteiger partial charge in [0.25, 0.3) is 0 Å². The Morgan fingerprint density at radius 1 is 0.444 bits per heavy atom. The predicted molar refractivity (Wildman–Crippen MR) is 266 cm³/mol. The number of rotatable bonds is 8. The van der Waals surface area contributed by atoms with Crippen LogP contribution >= 0.6 is 11.3 Å². The van der Waals surface area contributed by atoms with Crippen molar-refractivity contribution in [3.05, 3.63) is 206 Å². The van der Waals surface area contributed by atoms with Crippen molar-refractivity contribution in [2.75, 3.05) is 9.80 Å². The van der Waals surface area contributed by atoms with E-state index in [-0.39, 0.29) is 10.8 Å². The van der Waals surface area contributed by atoms with Crippen molar-refractivity contribution < 1.29 is 0 Å². The van der Waals surface area contributed by atoms with Crippen LogP contribution < -0.4 is 9.80 Å². The molecular formula is C58H46N4S. The molecule has 1 saturated carbocycles. The molecule has 2 aliphatic rings. The molecule has 2 atom stereocenters. The van der Waals surface area contributed by atoms with Crippen LogP contribution in [0.4, 0.5) is 34.1 Å². The molecule has 0 N–H and O–H groups in total. The molecule has 304 valence electrons. The molecule has 0 spiro atoms. The zero-order chi connectivity index (χ0) is 42.3. The number of anilines is 6. The van der Waals surface area contributed by atoms with Crippen LogP contribution in [0.2, 0.25) is 0 Å². The fourth-order valence-electron chi connectivity index (χ4n) is 10.6. The summed E-state index contributed by atoms with van der Waals surface area (Å²) in [6.45, 7) is 7.30. The van der Waals surface area contributed by atoms with Crippen LogP contribution in [0.1, 0.15) is 50.9 Å².